The van der Waals surface area contributed by atoms with Gasteiger partial charge in [-0.2, -0.15) is 0 Å². The first-order chi connectivity index (χ1) is 15.8. The fourth-order valence-electron chi connectivity index (χ4n) is 2.87. The average Bonchev–Trinajstić information content (AvgIpc) is 2.80. The maximum absolute atomic E-state index is 12.7. The van der Waals surface area contributed by atoms with Gasteiger partial charge in [0.15, 0.2) is 0 Å². The monoisotopic (exact) mass is 503 g/mol. The number of nitro benzene ring substituents is 1. The molecule has 0 spiro atoms. The number of amides is 2. The standard InChI is InChI=1S/C23H19Cl2N3O4S/c1-2-21(23(30)27-16-8-11-19(24)20(25)13-16)33-18-5-3-4-15(12-18)26-22(29)14-6-9-17(10-7-14)28(31)32/h3-13,21H,2H2,1H3,(H,26,29)(H,27,30). The summed E-state index contributed by atoms with van der Waals surface area (Å²) in [5.74, 6) is -0.572. The summed E-state index contributed by atoms with van der Waals surface area (Å²) in [5.41, 5.74) is 1.31. The predicted molar refractivity (Wildman–Crippen MR) is 133 cm³/mol. The zero-order chi connectivity index (χ0) is 24.0. The van der Waals surface area contributed by atoms with E-state index in [1.807, 2.05) is 13.0 Å². The molecule has 1 unspecified atom stereocenters. The van der Waals surface area contributed by atoms with Crippen LogP contribution in [0.3, 0.4) is 0 Å². The molecule has 10 heteroatoms. The molecule has 3 aromatic carbocycles. The molecule has 3 aromatic rings. The fraction of sp³-hybridized carbons (Fsp3) is 0.130. The molecule has 0 heterocycles. The number of nitrogens with zero attached hydrogens (tertiary/aromatic N) is 1. The zero-order valence-electron chi connectivity index (χ0n) is 17.4. The second kappa shape index (κ2) is 11.2. The number of anilines is 2. The van der Waals surface area contributed by atoms with E-state index < -0.39 is 10.8 Å². The SMILES string of the molecule is CCC(Sc1cccc(NC(=O)c2ccc([N+](=O)[O-])cc2)c1)C(=O)Nc1ccc(Cl)c(Cl)c1. The predicted octanol–water partition coefficient (Wildman–Crippen LogP) is 6.66. The lowest BCUT2D eigenvalue weighted by Gasteiger charge is -2.16. The molecular weight excluding hydrogens is 485 g/mol. The van der Waals surface area contributed by atoms with Gasteiger partial charge in [-0.05, 0) is 55.0 Å². The molecule has 1 atom stereocenters. The van der Waals surface area contributed by atoms with Crippen LogP contribution in [0.5, 0.6) is 0 Å². The van der Waals surface area contributed by atoms with Crippen molar-refractivity contribution in [3.63, 3.8) is 0 Å². The Labute approximate surface area is 204 Å². The van der Waals surface area contributed by atoms with Crippen molar-refractivity contribution < 1.29 is 14.5 Å². The summed E-state index contributed by atoms with van der Waals surface area (Å²) >= 11 is 13.3. The van der Waals surface area contributed by atoms with Gasteiger partial charge in [0.25, 0.3) is 11.6 Å². The minimum atomic E-state index is -0.524. The Balaban J connectivity index is 1.66. The van der Waals surface area contributed by atoms with Crippen LogP contribution in [0.4, 0.5) is 17.1 Å². The third kappa shape index (κ3) is 6.71. The molecular formula is C23H19Cl2N3O4S. The molecule has 3 rings (SSSR count). The summed E-state index contributed by atoms with van der Waals surface area (Å²) < 4.78 is 0. The topological polar surface area (TPSA) is 101 Å². The lowest BCUT2D eigenvalue weighted by Crippen LogP contribution is -2.24. The highest BCUT2D eigenvalue weighted by Gasteiger charge is 2.19. The van der Waals surface area contributed by atoms with Gasteiger partial charge in [0.1, 0.15) is 0 Å². The Hall–Kier alpha value is -3.07. The van der Waals surface area contributed by atoms with Gasteiger partial charge in [0.05, 0.1) is 20.2 Å². The van der Waals surface area contributed by atoms with E-state index in [0.29, 0.717) is 33.4 Å². The summed E-state index contributed by atoms with van der Waals surface area (Å²) in [7, 11) is 0. The first-order valence-electron chi connectivity index (χ1n) is 9.85. The third-order valence-electron chi connectivity index (χ3n) is 4.56. The molecule has 0 aliphatic heterocycles. The number of carbonyl (C=O) groups excluding carboxylic acids is 2. The van der Waals surface area contributed by atoms with Gasteiger partial charge < -0.3 is 10.6 Å². The highest BCUT2D eigenvalue weighted by molar-refractivity contribution is 8.00. The van der Waals surface area contributed by atoms with Gasteiger partial charge in [-0.1, -0.05) is 36.2 Å². The van der Waals surface area contributed by atoms with Gasteiger partial charge in [-0.3, -0.25) is 19.7 Å². The molecule has 170 valence electrons. The number of hydrogen-bond donors (Lipinski definition) is 2. The molecule has 0 radical (unpaired) electrons. The van der Waals surface area contributed by atoms with E-state index in [0.717, 1.165) is 4.90 Å². The number of benzene rings is 3. The summed E-state index contributed by atoms with van der Waals surface area (Å²) in [4.78, 5) is 36.3. The number of carbonyl (C=O) groups is 2. The van der Waals surface area contributed by atoms with E-state index >= 15 is 0 Å². The number of non-ortho nitro benzene ring substituents is 1. The molecule has 0 bridgehead atoms. The van der Waals surface area contributed by atoms with Crippen LogP contribution in [0.2, 0.25) is 10.0 Å². The third-order valence-corrected chi connectivity index (χ3v) is 6.66. The smallest absolute Gasteiger partial charge is 0.269 e. The molecule has 2 N–H and O–H groups in total. The van der Waals surface area contributed by atoms with Gasteiger partial charge in [-0.15, -0.1) is 11.8 Å². The first-order valence-corrected chi connectivity index (χ1v) is 11.5. The molecule has 2 amide bonds. The number of nitro groups is 1. The second-order valence-electron chi connectivity index (χ2n) is 6.92. The van der Waals surface area contributed by atoms with Gasteiger partial charge >= 0.3 is 0 Å². The van der Waals surface area contributed by atoms with Crippen LogP contribution in [0, 0.1) is 10.1 Å². The number of halogens is 2. The Morgan fingerprint density at radius 1 is 0.970 bits per heavy atom. The summed E-state index contributed by atoms with van der Waals surface area (Å²) in [6.45, 7) is 1.91. The van der Waals surface area contributed by atoms with E-state index in [1.54, 1.807) is 36.4 Å². The van der Waals surface area contributed by atoms with E-state index in [1.165, 1.54) is 36.0 Å². The molecule has 33 heavy (non-hydrogen) atoms. The van der Waals surface area contributed by atoms with Crippen LogP contribution < -0.4 is 10.6 Å². The Morgan fingerprint density at radius 3 is 2.30 bits per heavy atom. The van der Waals surface area contributed by atoms with Crippen LogP contribution in [-0.2, 0) is 4.79 Å². The minimum Gasteiger partial charge on any atom is -0.325 e. The largest absolute Gasteiger partial charge is 0.325 e. The Kier molecular flexibility index (Phi) is 8.32. The molecule has 0 aromatic heterocycles. The normalized spacial score (nSPS) is 11.5. The van der Waals surface area contributed by atoms with Gasteiger partial charge in [-0.25, -0.2) is 0 Å². The zero-order valence-corrected chi connectivity index (χ0v) is 19.7. The summed E-state index contributed by atoms with van der Waals surface area (Å²) in [6.07, 6.45) is 0.581. The van der Waals surface area contributed by atoms with Crippen molar-refractivity contribution >= 4 is 63.8 Å². The highest BCUT2D eigenvalue weighted by Crippen LogP contribution is 2.30. The fourth-order valence-corrected chi connectivity index (χ4v) is 4.18. The van der Waals surface area contributed by atoms with Crippen molar-refractivity contribution in [3.05, 3.63) is 92.5 Å². The Morgan fingerprint density at radius 2 is 1.67 bits per heavy atom. The van der Waals surface area contributed by atoms with Gasteiger partial charge in [0, 0.05) is 34.0 Å². The minimum absolute atomic E-state index is 0.0882. The number of nitrogens with one attached hydrogen (secondary N) is 2. The maximum atomic E-state index is 12.7. The number of rotatable bonds is 8. The molecule has 0 fully saturated rings. The number of hydrogen-bond acceptors (Lipinski definition) is 5. The van der Waals surface area contributed by atoms with Crippen molar-refractivity contribution in [1.29, 1.82) is 0 Å². The molecule has 0 aliphatic carbocycles. The van der Waals surface area contributed by atoms with E-state index in [4.69, 9.17) is 23.2 Å². The van der Waals surface area contributed by atoms with E-state index in [9.17, 15) is 19.7 Å². The average molecular weight is 504 g/mol. The molecule has 0 aliphatic rings. The summed E-state index contributed by atoms with van der Waals surface area (Å²) in [6, 6.07) is 17.3. The van der Waals surface area contributed by atoms with Crippen LogP contribution in [0.1, 0.15) is 23.7 Å². The number of thioether (sulfide) groups is 1. The Bertz CT molecular complexity index is 1190. The lowest BCUT2D eigenvalue weighted by molar-refractivity contribution is -0.384. The van der Waals surface area contributed by atoms with Crippen molar-refractivity contribution in [2.45, 2.75) is 23.5 Å². The quantitative estimate of drug-likeness (QED) is 0.203. The van der Waals surface area contributed by atoms with Crippen LogP contribution in [0.25, 0.3) is 0 Å². The van der Waals surface area contributed by atoms with Crippen molar-refractivity contribution in [3.8, 4) is 0 Å². The van der Waals surface area contributed by atoms with Crippen molar-refractivity contribution in [2.75, 3.05) is 10.6 Å². The lowest BCUT2D eigenvalue weighted by atomic mass is 10.2. The van der Waals surface area contributed by atoms with Gasteiger partial charge in [0.2, 0.25) is 5.91 Å². The van der Waals surface area contributed by atoms with Crippen LogP contribution in [-0.4, -0.2) is 22.0 Å². The van der Waals surface area contributed by atoms with E-state index in [-0.39, 0.29) is 16.8 Å². The van der Waals surface area contributed by atoms with E-state index in [2.05, 4.69) is 10.6 Å². The molecule has 0 saturated heterocycles. The maximum Gasteiger partial charge on any atom is 0.269 e. The van der Waals surface area contributed by atoms with Crippen LogP contribution in [0.15, 0.2) is 71.6 Å². The second-order valence-corrected chi connectivity index (χ2v) is 9.01. The first kappa shape index (κ1) is 24.6. The van der Waals surface area contributed by atoms with Crippen LogP contribution >= 0.6 is 35.0 Å². The highest BCUT2D eigenvalue weighted by atomic mass is 35.5. The van der Waals surface area contributed by atoms with Crippen molar-refractivity contribution in [2.24, 2.45) is 0 Å². The summed E-state index contributed by atoms with van der Waals surface area (Å²) in [5, 5.41) is 16.8. The molecule has 7 nitrogen and oxygen atoms in total. The molecule has 0 saturated carbocycles. The van der Waals surface area contributed by atoms with Crippen molar-refractivity contribution in [1.82, 2.24) is 0 Å².